The lowest BCUT2D eigenvalue weighted by molar-refractivity contribution is 0.0240. The Balaban J connectivity index is 1.55. The Morgan fingerprint density at radius 2 is 1.85 bits per heavy atom. The summed E-state index contributed by atoms with van der Waals surface area (Å²) in [4.78, 5) is 25.7. The van der Waals surface area contributed by atoms with E-state index in [0.717, 1.165) is 11.1 Å². The number of anilines is 2. The van der Waals surface area contributed by atoms with Crippen molar-refractivity contribution in [3.05, 3.63) is 40.0 Å². The molecule has 182 valence electrons. The molecule has 1 aliphatic heterocycles. The zero-order chi connectivity index (χ0) is 24.6. The van der Waals surface area contributed by atoms with Gasteiger partial charge in [-0.1, -0.05) is 29.3 Å². The van der Waals surface area contributed by atoms with Crippen LogP contribution in [0.5, 0.6) is 0 Å². The van der Waals surface area contributed by atoms with E-state index in [2.05, 4.69) is 15.3 Å². The number of fused-ring (bicyclic) bond motifs is 1. The largest absolute Gasteiger partial charge is 0.444 e. The third-order valence-electron chi connectivity index (χ3n) is 5.46. The van der Waals surface area contributed by atoms with Crippen LogP contribution >= 0.6 is 23.2 Å². The lowest BCUT2D eigenvalue weighted by atomic mass is 10.1. The van der Waals surface area contributed by atoms with E-state index in [1.807, 2.05) is 53.1 Å². The first-order chi connectivity index (χ1) is 16.0. The molecule has 2 aromatic heterocycles. The molecule has 0 unspecified atom stereocenters. The number of hydrogen-bond donors (Lipinski definition) is 1. The zero-order valence-corrected chi connectivity index (χ0v) is 21.5. The number of hydrogen-bond acceptors (Lipinski definition) is 7. The molecule has 34 heavy (non-hydrogen) atoms. The zero-order valence-electron chi connectivity index (χ0n) is 20.0. The molecule has 0 aliphatic carbocycles. The topological polar surface area (TPSA) is 88.4 Å². The minimum Gasteiger partial charge on any atom is -0.444 e. The number of halogens is 2. The molecule has 11 heteroatoms. The molecule has 0 bridgehead atoms. The number of nitrogens with one attached hydrogen (secondary N) is 1. The molecular formula is C23H29Cl2N7O2. The highest BCUT2D eigenvalue weighted by Gasteiger charge is 2.27. The lowest BCUT2D eigenvalue weighted by Crippen LogP contribution is -2.50. The molecule has 1 fully saturated rings. The highest BCUT2D eigenvalue weighted by molar-refractivity contribution is 6.35. The van der Waals surface area contributed by atoms with Gasteiger partial charge in [0.2, 0.25) is 5.95 Å². The predicted octanol–water partition coefficient (Wildman–Crippen LogP) is 4.90. The Hall–Kier alpha value is -2.78. The van der Waals surface area contributed by atoms with E-state index < -0.39 is 5.60 Å². The summed E-state index contributed by atoms with van der Waals surface area (Å²) in [5, 5.41) is 9.15. The van der Waals surface area contributed by atoms with Gasteiger partial charge in [-0.3, -0.25) is 4.68 Å². The Kier molecular flexibility index (Phi) is 6.78. The average Bonchev–Trinajstić information content (AvgIpc) is 3.13. The van der Waals surface area contributed by atoms with Gasteiger partial charge in [0.25, 0.3) is 0 Å². The summed E-state index contributed by atoms with van der Waals surface area (Å²) in [6, 6.07) is 5.30. The number of aryl methyl sites for hydroxylation is 1. The Morgan fingerprint density at radius 3 is 2.50 bits per heavy atom. The van der Waals surface area contributed by atoms with Crippen LogP contribution in [0.1, 0.15) is 39.3 Å². The van der Waals surface area contributed by atoms with Gasteiger partial charge < -0.3 is 19.9 Å². The molecular weight excluding hydrogens is 477 g/mol. The summed E-state index contributed by atoms with van der Waals surface area (Å²) < 4.78 is 7.21. The molecule has 1 aromatic carbocycles. The van der Waals surface area contributed by atoms with Crippen molar-refractivity contribution in [3.8, 4) is 0 Å². The highest BCUT2D eigenvalue weighted by atomic mass is 35.5. The van der Waals surface area contributed by atoms with Gasteiger partial charge in [-0.25, -0.2) is 9.78 Å². The molecule has 3 aromatic rings. The van der Waals surface area contributed by atoms with Crippen molar-refractivity contribution in [2.75, 3.05) is 36.4 Å². The van der Waals surface area contributed by atoms with Crippen molar-refractivity contribution >= 4 is 52.1 Å². The fourth-order valence-electron chi connectivity index (χ4n) is 3.81. The number of carbonyl (C=O) groups is 1. The highest BCUT2D eigenvalue weighted by Crippen LogP contribution is 2.31. The minimum atomic E-state index is -0.521. The summed E-state index contributed by atoms with van der Waals surface area (Å²) in [5.41, 5.74) is 1.79. The lowest BCUT2D eigenvalue weighted by Gasteiger charge is -2.35. The fourth-order valence-corrected chi connectivity index (χ4v) is 4.38. The van der Waals surface area contributed by atoms with Gasteiger partial charge in [-0.15, -0.1) is 0 Å². The molecule has 1 aliphatic rings. The second-order valence-electron chi connectivity index (χ2n) is 9.40. The number of carbonyl (C=O) groups excluding carboxylic acids is 1. The van der Waals surface area contributed by atoms with Gasteiger partial charge in [0, 0.05) is 43.3 Å². The van der Waals surface area contributed by atoms with E-state index in [1.165, 1.54) is 0 Å². The Bertz CT molecular complexity index is 1200. The van der Waals surface area contributed by atoms with Crippen LogP contribution in [0, 0.1) is 0 Å². The second kappa shape index (κ2) is 9.46. The SMILES string of the molecule is C[C@@H](Nc1nc(N2CCN(C(=O)OC(C)(C)C)CC2)nc2cn(C)nc12)c1ccc(Cl)cc1Cl. The summed E-state index contributed by atoms with van der Waals surface area (Å²) in [5.74, 6) is 1.20. The summed E-state index contributed by atoms with van der Waals surface area (Å²) >= 11 is 12.5. The van der Waals surface area contributed by atoms with E-state index in [9.17, 15) is 4.79 Å². The van der Waals surface area contributed by atoms with Gasteiger partial charge in [0.05, 0.1) is 12.2 Å². The van der Waals surface area contributed by atoms with E-state index >= 15 is 0 Å². The maximum atomic E-state index is 12.4. The molecule has 3 heterocycles. The summed E-state index contributed by atoms with van der Waals surface area (Å²) in [6.07, 6.45) is 1.56. The Labute approximate surface area is 209 Å². The van der Waals surface area contributed by atoms with Crippen molar-refractivity contribution in [1.82, 2.24) is 24.6 Å². The van der Waals surface area contributed by atoms with Crippen LogP contribution in [0.2, 0.25) is 10.0 Å². The third kappa shape index (κ3) is 5.47. The maximum absolute atomic E-state index is 12.4. The number of benzene rings is 1. The number of aromatic nitrogens is 4. The predicted molar refractivity (Wildman–Crippen MR) is 135 cm³/mol. The standard InChI is InChI=1S/C23H29Cl2N7O2/c1-14(16-7-6-15(24)12-17(16)25)26-20-19-18(13-30(5)29-19)27-21(28-20)31-8-10-32(11-9-31)22(33)34-23(2,3)4/h6-7,12-14H,8-11H2,1-5H3,(H,26,27,28)/t14-/m1/s1. The second-order valence-corrected chi connectivity index (χ2v) is 10.2. The van der Waals surface area contributed by atoms with Crippen molar-refractivity contribution < 1.29 is 9.53 Å². The van der Waals surface area contributed by atoms with E-state index in [4.69, 9.17) is 37.9 Å². The quantitative estimate of drug-likeness (QED) is 0.539. The first kappa shape index (κ1) is 24.3. The monoisotopic (exact) mass is 505 g/mol. The van der Waals surface area contributed by atoms with Crippen LogP contribution in [-0.4, -0.2) is 62.5 Å². The number of ether oxygens (including phenoxy) is 1. The van der Waals surface area contributed by atoms with Gasteiger partial charge in [-0.2, -0.15) is 10.1 Å². The normalized spacial score (nSPS) is 15.5. The molecule has 0 saturated carbocycles. The summed E-state index contributed by atoms with van der Waals surface area (Å²) in [7, 11) is 1.85. The molecule has 1 saturated heterocycles. The van der Waals surface area contributed by atoms with Crippen LogP contribution in [-0.2, 0) is 11.8 Å². The van der Waals surface area contributed by atoms with Crippen LogP contribution < -0.4 is 10.2 Å². The van der Waals surface area contributed by atoms with Gasteiger partial charge in [0.15, 0.2) is 11.3 Å². The smallest absolute Gasteiger partial charge is 0.410 e. The van der Waals surface area contributed by atoms with Gasteiger partial charge in [-0.05, 0) is 45.4 Å². The van der Waals surface area contributed by atoms with E-state index in [-0.39, 0.29) is 12.1 Å². The molecule has 4 rings (SSSR count). The summed E-state index contributed by atoms with van der Waals surface area (Å²) in [6.45, 7) is 9.86. The van der Waals surface area contributed by atoms with Crippen molar-refractivity contribution in [3.63, 3.8) is 0 Å². The van der Waals surface area contributed by atoms with Gasteiger partial charge in [0.1, 0.15) is 11.1 Å². The number of amides is 1. The molecule has 9 nitrogen and oxygen atoms in total. The number of nitrogens with zero attached hydrogens (tertiary/aromatic N) is 6. The molecule has 0 radical (unpaired) electrons. The van der Waals surface area contributed by atoms with Crippen molar-refractivity contribution in [1.29, 1.82) is 0 Å². The number of piperazine rings is 1. The first-order valence-corrected chi connectivity index (χ1v) is 11.9. The van der Waals surface area contributed by atoms with Gasteiger partial charge >= 0.3 is 6.09 Å². The van der Waals surface area contributed by atoms with Crippen molar-refractivity contribution in [2.45, 2.75) is 39.3 Å². The molecule has 1 amide bonds. The molecule has 1 atom stereocenters. The van der Waals surface area contributed by atoms with Crippen LogP contribution in [0.4, 0.5) is 16.6 Å². The van der Waals surface area contributed by atoms with Crippen LogP contribution in [0.15, 0.2) is 24.4 Å². The van der Waals surface area contributed by atoms with E-state index in [0.29, 0.717) is 53.5 Å². The van der Waals surface area contributed by atoms with E-state index in [1.54, 1.807) is 15.6 Å². The fraction of sp³-hybridized carbons (Fsp3) is 0.478. The molecule has 1 N–H and O–H groups in total. The number of rotatable bonds is 4. The van der Waals surface area contributed by atoms with Crippen LogP contribution in [0.3, 0.4) is 0 Å². The molecule has 0 spiro atoms. The minimum absolute atomic E-state index is 0.137. The Morgan fingerprint density at radius 1 is 1.15 bits per heavy atom. The third-order valence-corrected chi connectivity index (χ3v) is 6.02. The van der Waals surface area contributed by atoms with Crippen LogP contribution in [0.25, 0.3) is 11.0 Å². The van der Waals surface area contributed by atoms with Crippen molar-refractivity contribution in [2.24, 2.45) is 7.05 Å². The average molecular weight is 506 g/mol. The maximum Gasteiger partial charge on any atom is 0.410 e. The first-order valence-electron chi connectivity index (χ1n) is 11.2.